The van der Waals surface area contributed by atoms with E-state index in [2.05, 4.69) is 15.0 Å². The molecule has 154 valence electrons. The van der Waals surface area contributed by atoms with Crippen molar-refractivity contribution in [3.8, 4) is 16.9 Å². The Hall–Kier alpha value is -3.29. The Morgan fingerprint density at radius 2 is 1.74 bits per heavy atom. The summed E-state index contributed by atoms with van der Waals surface area (Å²) in [5.41, 5.74) is 3.94. The summed E-state index contributed by atoms with van der Waals surface area (Å²) in [6.45, 7) is 0. The molecule has 2 aromatic heterocycles. The van der Waals surface area contributed by atoms with E-state index in [0.717, 1.165) is 22.3 Å². The summed E-state index contributed by atoms with van der Waals surface area (Å²) >= 11 is 6.06. The average Bonchev–Trinajstić information content (AvgIpc) is 3.39. The van der Waals surface area contributed by atoms with E-state index in [9.17, 15) is 8.60 Å². The summed E-state index contributed by atoms with van der Waals surface area (Å²) in [4.78, 5) is 12.2. The van der Waals surface area contributed by atoms with Gasteiger partial charge >= 0.3 is 0 Å². The number of halogens is 2. The van der Waals surface area contributed by atoms with Gasteiger partial charge < -0.3 is 4.98 Å². The summed E-state index contributed by atoms with van der Waals surface area (Å²) in [5, 5.41) is 0.972. The van der Waals surface area contributed by atoms with Crippen molar-refractivity contribution in [2.45, 2.75) is 10.9 Å². The minimum atomic E-state index is -1.48. The van der Waals surface area contributed by atoms with Crippen LogP contribution in [0, 0.1) is 5.82 Å². The van der Waals surface area contributed by atoms with Gasteiger partial charge in [-0.3, -0.25) is 8.78 Å². The Labute approximate surface area is 185 Å². The van der Waals surface area contributed by atoms with Gasteiger partial charge in [0.1, 0.15) is 11.6 Å². The molecule has 0 aliphatic heterocycles. The van der Waals surface area contributed by atoms with Crippen LogP contribution in [-0.4, -0.2) is 23.7 Å². The maximum atomic E-state index is 13.4. The zero-order chi connectivity index (χ0) is 21.4. The number of benzene rings is 3. The number of rotatable bonds is 5. The average molecular weight is 451 g/mol. The first-order valence-electron chi connectivity index (χ1n) is 9.50. The molecule has 0 saturated heterocycles. The largest absolute Gasteiger partial charge is 0.341 e. The lowest BCUT2D eigenvalue weighted by atomic mass is 10.1. The Kier molecular flexibility index (Phi) is 5.13. The Morgan fingerprint density at radius 1 is 1.00 bits per heavy atom. The van der Waals surface area contributed by atoms with Crippen LogP contribution >= 0.6 is 11.6 Å². The molecule has 5 nitrogen and oxygen atoms in total. The molecule has 0 aliphatic rings. The van der Waals surface area contributed by atoms with E-state index >= 15 is 0 Å². The van der Waals surface area contributed by atoms with Gasteiger partial charge in [-0.05, 0) is 60.7 Å². The second-order valence-electron chi connectivity index (χ2n) is 6.94. The van der Waals surface area contributed by atoms with Gasteiger partial charge in [-0.25, -0.2) is 14.4 Å². The number of H-pyrrole nitrogens is 1. The predicted molar refractivity (Wildman–Crippen MR) is 120 cm³/mol. The Bertz CT molecular complexity index is 1360. The molecule has 8 heteroatoms. The second-order valence-corrected chi connectivity index (χ2v) is 8.72. The van der Waals surface area contributed by atoms with Crippen LogP contribution in [0.25, 0.3) is 28.0 Å². The molecule has 3 aromatic carbocycles. The summed E-state index contributed by atoms with van der Waals surface area (Å²) in [6.07, 6.45) is 1.65. The number of imidazole rings is 2. The quantitative estimate of drug-likeness (QED) is 0.383. The summed E-state index contributed by atoms with van der Waals surface area (Å²) in [5.74, 6) is 0.478. The summed E-state index contributed by atoms with van der Waals surface area (Å²) < 4.78 is 28.6. The highest BCUT2D eigenvalue weighted by Crippen LogP contribution is 2.28. The van der Waals surface area contributed by atoms with Crippen LogP contribution in [-0.2, 0) is 16.6 Å². The molecular formula is C23H16ClFN4OS. The molecule has 0 saturated carbocycles. The van der Waals surface area contributed by atoms with Gasteiger partial charge in [0.2, 0.25) is 5.16 Å². The number of nitrogens with one attached hydrogen (secondary N) is 1. The Balaban J connectivity index is 1.57. The normalized spacial score (nSPS) is 12.3. The van der Waals surface area contributed by atoms with Gasteiger partial charge in [-0.15, -0.1) is 0 Å². The third kappa shape index (κ3) is 3.89. The minimum absolute atomic E-state index is 0.183. The van der Waals surface area contributed by atoms with Crippen LogP contribution in [0.4, 0.5) is 4.39 Å². The van der Waals surface area contributed by atoms with Crippen LogP contribution in [0.15, 0.2) is 84.1 Å². The first-order chi connectivity index (χ1) is 15.1. The van der Waals surface area contributed by atoms with Crippen molar-refractivity contribution in [3.63, 3.8) is 0 Å². The first-order valence-corrected chi connectivity index (χ1v) is 11.2. The fourth-order valence-corrected chi connectivity index (χ4v) is 4.64. The minimum Gasteiger partial charge on any atom is -0.341 e. The van der Waals surface area contributed by atoms with E-state index in [1.54, 1.807) is 30.5 Å². The predicted octanol–water partition coefficient (Wildman–Crippen LogP) is 5.52. The number of hydrogen-bond acceptors (Lipinski definition) is 3. The lowest BCUT2D eigenvalue weighted by Gasteiger charge is -2.12. The van der Waals surface area contributed by atoms with Gasteiger partial charge in [0, 0.05) is 16.3 Å². The van der Waals surface area contributed by atoms with Crippen molar-refractivity contribution < 1.29 is 8.60 Å². The number of aromatic nitrogens is 4. The van der Waals surface area contributed by atoms with E-state index < -0.39 is 10.8 Å². The molecular weight excluding hydrogens is 435 g/mol. The molecule has 0 bridgehead atoms. The summed E-state index contributed by atoms with van der Waals surface area (Å²) in [7, 11) is -1.48. The molecule has 5 aromatic rings. The number of para-hydroxylation sites is 2. The summed E-state index contributed by atoms with van der Waals surface area (Å²) in [6, 6.07) is 21.0. The van der Waals surface area contributed by atoms with Gasteiger partial charge in [0.15, 0.2) is 0 Å². The van der Waals surface area contributed by atoms with Crippen molar-refractivity contribution in [1.29, 1.82) is 0 Å². The van der Waals surface area contributed by atoms with E-state index in [-0.39, 0.29) is 11.6 Å². The van der Waals surface area contributed by atoms with Crippen molar-refractivity contribution in [3.05, 3.63) is 95.7 Å². The van der Waals surface area contributed by atoms with Crippen molar-refractivity contribution in [2.75, 3.05) is 0 Å². The van der Waals surface area contributed by atoms with Gasteiger partial charge in [-0.1, -0.05) is 23.7 Å². The molecule has 0 amide bonds. The van der Waals surface area contributed by atoms with Crippen molar-refractivity contribution in [2.24, 2.45) is 0 Å². The van der Waals surface area contributed by atoms with Gasteiger partial charge in [0.05, 0.1) is 39.5 Å². The molecule has 0 aliphatic carbocycles. The SMILES string of the molecule is O=S(Cc1nc2ccccc2[nH]1)c1ncc(-c2ccc(F)cc2)n1-c1ccc(Cl)cc1. The zero-order valence-corrected chi connectivity index (χ0v) is 17.7. The van der Waals surface area contributed by atoms with E-state index in [1.165, 1.54) is 12.1 Å². The highest BCUT2D eigenvalue weighted by Gasteiger charge is 2.20. The fraction of sp³-hybridized carbons (Fsp3) is 0.0435. The number of hydrogen-bond donors (Lipinski definition) is 1. The maximum absolute atomic E-state index is 13.4. The van der Waals surface area contributed by atoms with E-state index in [1.807, 2.05) is 41.0 Å². The van der Waals surface area contributed by atoms with Crippen LogP contribution in [0.5, 0.6) is 0 Å². The number of fused-ring (bicyclic) bond motifs is 1. The zero-order valence-electron chi connectivity index (χ0n) is 16.1. The second kappa shape index (κ2) is 8.09. The lowest BCUT2D eigenvalue weighted by molar-refractivity contribution is 0.628. The molecule has 0 spiro atoms. The van der Waals surface area contributed by atoms with Gasteiger partial charge in [-0.2, -0.15) is 0 Å². The lowest BCUT2D eigenvalue weighted by Crippen LogP contribution is -2.08. The van der Waals surface area contributed by atoms with Crippen LogP contribution in [0.1, 0.15) is 5.82 Å². The first kappa shape index (κ1) is 19.7. The molecule has 5 rings (SSSR count). The van der Waals surface area contributed by atoms with Crippen LogP contribution in [0.2, 0.25) is 5.02 Å². The van der Waals surface area contributed by atoms with E-state index in [0.29, 0.717) is 21.7 Å². The molecule has 2 heterocycles. The molecule has 1 unspecified atom stereocenters. The third-order valence-corrected chi connectivity index (χ3v) is 6.35. The number of aromatic amines is 1. The molecule has 0 radical (unpaired) electrons. The molecule has 1 N–H and O–H groups in total. The third-order valence-electron chi connectivity index (χ3n) is 4.86. The number of nitrogens with zero attached hydrogens (tertiary/aromatic N) is 3. The fourth-order valence-electron chi connectivity index (χ4n) is 3.42. The van der Waals surface area contributed by atoms with Crippen LogP contribution < -0.4 is 0 Å². The van der Waals surface area contributed by atoms with E-state index in [4.69, 9.17) is 11.6 Å². The highest BCUT2D eigenvalue weighted by molar-refractivity contribution is 7.84. The highest BCUT2D eigenvalue weighted by atomic mass is 35.5. The Morgan fingerprint density at radius 3 is 2.48 bits per heavy atom. The monoisotopic (exact) mass is 450 g/mol. The topological polar surface area (TPSA) is 63.6 Å². The van der Waals surface area contributed by atoms with Crippen molar-refractivity contribution >= 4 is 33.4 Å². The van der Waals surface area contributed by atoms with Crippen LogP contribution in [0.3, 0.4) is 0 Å². The standard InChI is InChI=1S/C23H16ClFN4OS/c24-16-7-11-18(12-8-16)29-21(15-5-9-17(25)10-6-15)13-26-23(29)31(30)14-22-27-19-3-1-2-4-20(19)28-22/h1-13H,14H2,(H,27,28). The molecule has 31 heavy (non-hydrogen) atoms. The van der Waals surface area contributed by atoms with Gasteiger partial charge in [0.25, 0.3) is 0 Å². The maximum Gasteiger partial charge on any atom is 0.204 e. The van der Waals surface area contributed by atoms with Crippen molar-refractivity contribution in [1.82, 2.24) is 19.5 Å². The molecule has 1 atom stereocenters. The molecule has 0 fully saturated rings. The smallest absolute Gasteiger partial charge is 0.204 e.